The van der Waals surface area contributed by atoms with Crippen LogP contribution in [0.5, 0.6) is 5.75 Å². The Kier molecular flexibility index (Phi) is 10.9. The fraction of sp³-hybridized carbons (Fsp3) is 0.370. The molecule has 1 heterocycles. The van der Waals surface area contributed by atoms with Crippen LogP contribution in [0.1, 0.15) is 31.2 Å². The van der Waals surface area contributed by atoms with Crippen molar-refractivity contribution in [3.05, 3.63) is 59.2 Å². The summed E-state index contributed by atoms with van der Waals surface area (Å²) in [4.78, 5) is 62.5. The van der Waals surface area contributed by atoms with E-state index in [-0.39, 0.29) is 32.0 Å². The van der Waals surface area contributed by atoms with Crippen LogP contribution < -0.4 is 15.4 Å². The summed E-state index contributed by atoms with van der Waals surface area (Å²) >= 11 is 0. The van der Waals surface area contributed by atoms with Crippen LogP contribution in [-0.2, 0) is 30.1 Å². The maximum atomic E-state index is 13.8. The number of nitrogens with one attached hydrogen (secondary N) is 2. The number of aliphatic carboxylic acids is 1. The van der Waals surface area contributed by atoms with Crippen LogP contribution in [0.25, 0.3) is 0 Å². The summed E-state index contributed by atoms with van der Waals surface area (Å²) in [5.74, 6) is -15.5. The van der Waals surface area contributed by atoms with Crippen LogP contribution in [0, 0.1) is 29.2 Å². The van der Waals surface area contributed by atoms with E-state index in [2.05, 4.69) is 10.1 Å². The number of carbonyl (C=O) groups excluding carboxylic acids is 4. The van der Waals surface area contributed by atoms with Gasteiger partial charge in [0.05, 0.1) is 17.3 Å². The van der Waals surface area contributed by atoms with Crippen molar-refractivity contribution in [3.63, 3.8) is 0 Å². The van der Waals surface area contributed by atoms with E-state index < -0.39 is 107 Å². The maximum Gasteiger partial charge on any atom is 0.418 e. The largest absolute Gasteiger partial charge is 0.481 e. The highest BCUT2D eigenvalue weighted by atomic mass is 19.4. The molecule has 17 heteroatoms. The molecule has 44 heavy (non-hydrogen) atoms. The SMILES string of the molecule is O=C(O)CC[C@H](NC(=O)C1CCN(C(=O)C(=O)Nc2ccccc2C(F)(F)F)CC1)C(=O)COc1c(F)c(F)cc(F)c1F. The van der Waals surface area contributed by atoms with Crippen LogP contribution >= 0.6 is 0 Å². The normalized spacial score (nSPS) is 14.5. The highest BCUT2D eigenvalue weighted by molar-refractivity contribution is 6.39. The van der Waals surface area contributed by atoms with Crippen molar-refractivity contribution < 1.29 is 64.5 Å². The highest BCUT2D eigenvalue weighted by Crippen LogP contribution is 2.34. The molecule has 1 aliphatic heterocycles. The second-order valence-electron chi connectivity index (χ2n) is 9.61. The lowest BCUT2D eigenvalue weighted by Gasteiger charge is -2.31. The van der Waals surface area contributed by atoms with Gasteiger partial charge in [0.1, 0.15) is 6.61 Å². The molecule has 0 radical (unpaired) electrons. The Morgan fingerprint density at radius 3 is 2.14 bits per heavy atom. The molecule has 3 rings (SSSR count). The standard InChI is InChI=1S/C27H24F7N3O7/c28-15-11-16(29)22(31)23(21(15)30)44-12-19(38)18(5-6-20(39)40)36-24(41)13-7-9-37(10-8-13)26(43)25(42)35-17-4-2-1-3-14(17)27(32,33)34/h1-4,11,13,18H,5-10,12H2,(H,35,42)(H,36,41)(H,39,40)/t18-/m0/s1. The number of hydrogen-bond donors (Lipinski definition) is 3. The van der Waals surface area contributed by atoms with E-state index >= 15 is 0 Å². The predicted molar refractivity (Wildman–Crippen MR) is 135 cm³/mol. The number of likely N-dealkylation sites (tertiary alicyclic amines) is 1. The summed E-state index contributed by atoms with van der Waals surface area (Å²) in [7, 11) is 0. The summed E-state index contributed by atoms with van der Waals surface area (Å²) in [5.41, 5.74) is -1.78. The van der Waals surface area contributed by atoms with Crippen molar-refractivity contribution in [2.45, 2.75) is 37.9 Å². The zero-order valence-electron chi connectivity index (χ0n) is 22.5. The average Bonchev–Trinajstić information content (AvgIpc) is 2.97. The molecule has 3 N–H and O–H groups in total. The van der Waals surface area contributed by atoms with E-state index in [9.17, 15) is 54.7 Å². The number of amides is 3. The number of halogens is 7. The van der Waals surface area contributed by atoms with Gasteiger partial charge in [-0.1, -0.05) is 12.1 Å². The molecule has 0 saturated carbocycles. The minimum absolute atomic E-state index is 0.0562. The van der Waals surface area contributed by atoms with Gasteiger partial charge in [0, 0.05) is 31.5 Å². The second kappa shape index (κ2) is 14.2. The third-order valence-electron chi connectivity index (χ3n) is 6.61. The molecule has 3 amide bonds. The topological polar surface area (TPSA) is 142 Å². The number of piperidine rings is 1. The first-order valence-electron chi connectivity index (χ1n) is 12.9. The number of anilines is 1. The van der Waals surface area contributed by atoms with Crippen molar-refractivity contribution in [3.8, 4) is 5.75 Å². The number of nitrogens with zero attached hydrogens (tertiary/aromatic N) is 1. The number of ether oxygens (including phenoxy) is 1. The summed E-state index contributed by atoms with van der Waals surface area (Å²) in [6.45, 7) is -1.54. The zero-order chi connectivity index (χ0) is 32.8. The van der Waals surface area contributed by atoms with Gasteiger partial charge >= 0.3 is 24.0 Å². The number of carboxylic acid groups (broad SMARTS) is 1. The van der Waals surface area contributed by atoms with Gasteiger partial charge in [-0.25, -0.2) is 8.78 Å². The molecule has 1 fully saturated rings. The van der Waals surface area contributed by atoms with E-state index in [1.54, 1.807) is 0 Å². The van der Waals surface area contributed by atoms with Crippen molar-refractivity contribution in [1.29, 1.82) is 0 Å². The van der Waals surface area contributed by atoms with Gasteiger partial charge in [0.2, 0.25) is 17.5 Å². The number of hydrogen-bond acceptors (Lipinski definition) is 6. The molecule has 238 valence electrons. The quantitative estimate of drug-likeness (QED) is 0.206. The average molecular weight is 635 g/mol. The van der Waals surface area contributed by atoms with Crippen LogP contribution in [-0.4, -0.2) is 65.2 Å². The molecule has 0 bridgehead atoms. The van der Waals surface area contributed by atoms with Gasteiger partial charge in [-0.15, -0.1) is 0 Å². The number of carbonyl (C=O) groups is 5. The molecule has 1 aliphatic rings. The first-order valence-corrected chi connectivity index (χ1v) is 12.9. The van der Waals surface area contributed by atoms with E-state index in [1.807, 2.05) is 5.32 Å². The third-order valence-corrected chi connectivity index (χ3v) is 6.61. The molecule has 0 aromatic heterocycles. The number of benzene rings is 2. The lowest BCUT2D eigenvalue weighted by Crippen LogP contribution is -2.50. The Morgan fingerprint density at radius 1 is 0.977 bits per heavy atom. The van der Waals surface area contributed by atoms with Crippen LogP contribution in [0.15, 0.2) is 30.3 Å². The molecule has 1 saturated heterocycles. The summed E-state index contributed by atoms with van der Waals surface area (Å²) in [5, 5.41) is 13.2. The minimum Gasteiger partial charge on any atom is -0.481 e. The summed E-state index contributed by atoms with van der Waals surface area (Å²) < 4.78 is 98.7. The van der Waals surface area contributed by atoms with Gasteiger partial charge in [-0.3, -0.25) is 24.0 Å². The predicted octanol–water partition coefficient (Wildman–Crippen LogP) is 3.44. The molecule has 0 spiro atoms. The fourth-order valence-electron chi connectivity index (χ4n) is 4.30. The highest BCUT2D eigenvalue weighted by Gasteiger charge is 2.36. The van der Waals surface area contributed by atoms with Gasteiger partial charge in [-0.2, -0.15) is 22.0 Å². The number of para-hydroxylation sites is 1. The maximum absolute atomic E-state index is 13.8. The summed E-state index contributed by atoms with van der Waals surface area (Å²) in [6.07, 6.45) is -6.02. The zero-order valence-corrected chi connectivity index (χ0v) is 22.5. The Hall–Kier alpha value is -4.70. The molecule has 0 aliphatic carbocycles. The van der Waals surface area contributed by atoms with Crippen molar-refractivity contribution in [2.75, 3.05) is 25.0 Å². The number of alkyl halides is 3. The first-order chi connectivity index (χ1) is 20.6. The molecule has 0 unspecified atom stereocenters. The Bertz CT molecular complexity index is 1420. The first kappa shape index (κ1) is 33.8. The summed E-state index contributed by atoms with van der Waals surface area (Å²) in [6, 6.07) is 2.41. The molecule has 2 aromatic rings. The van der Waals surface area contributed by atoms with Crippen molar-refractivity contribution >= 4 is 35.2 Å². The lowest BCUT2D eigenvalue weighted by molar-refractivity contribution is -0.145. The molecular formula is C27H24F7N3O7. The van der Waals surface area contributed by atoms with E-state index in [0.717, 1.165) is 23.1 Å². The second-order valence-corrected chi connectivity index (χ2v) is 9.61. The van der Waals surface area contributed by atoms with E-state index in [1.165, 1.54) is 6.07 Å². The fourth-order valence-corrected chi connectivity index (χ4v) is 4.30. The van der Waals surface area contributed by atoms with Crippen molar-refractivity contribution in [2.24, 2.45) is 5.92 Å². The van der Waals surface area contributed by atoms with Gasteiger partial charge < -0.3 is 25.4 Å². The number of carboxylic acids is 1. The van der Waals surface area contributed by atoms with Crippen molar-refractivity contribution in [1.82, 2.24) is 10.2 Å². The Labute approximate surface area is 244 Å². The van der Waals surface area contributed by atoms with Crippen LogP contribution in [0.2, 0.25) is 0 Å². The van der Waals surface area contributed by atoms with E-state index in [4.69, 9.17) is 5.11 Å². The van der Waals surface area contributed by atoms with Crippen LogP contribution in [0.3, 0.4) is 0 Å². The Balaban J connectivity index is 1.59. The Morgan fingerprint density at radius 2 is 1.57 bits per heavy atom. The molecule has 1 atom stereocenters. The van der Waals surface area contributed by atoms with Crippen LogP contribution in [0.4, 0.5) is 36.4 Å². The number of rotatable bonds is 10. The number of Topliss-reactive ketones (excluding diaryl/α,β-unsaturated/α-hetero) is 1. The molecular weight excluding hydrogens is 611 g/mol. The van der Waals surface area contributed by atoms with Gasteiger partial charge in [-0.05, 0) is 31.4 Å². The lowest BCUT2D eigenvalue weighted by atomic mass is 9.94. The smallest absolute Gasteiger partial charge is 0.418 e. The van der Waals surface area contributed by atoms with E-state index in [0.29, 0.717) is 0 Å². The number of ketones is 1. The van der Waals surface area contributed by atoms with Gasteiger partial charge in [0.25, 0.3) is 0 Å². The molecule has 2 aromatic carbocycles. The van der Waals surface area contributed by atoms with Gasteiger partial charge in [0.15, 0.2) is 23.2 Å². The molecule has 10 nitrogen and oxygen atoms in total. The monoisotopic (exact) mass is 635 g/mol. The minimum atomic E-state index is -4.79. The third kappa shape index (κ3) is 8.44.